The summed E-state index contributed by atoms with van der Waals surface area (Å²) in [7, 11) is -1.32. The molecule has 1 aliphatic carbocycles. The monoisotopic (exact) mass is 590 g/mol. The van der Waals surface area contributed by atoms with Gasteiger partial charge in [-0.2, -0.15) is 0 Å². The Hall–Kier alpha value is -3.82. The molecule has 0 nitrogen and oxygen atoms in total. The first-order chi connectivity index (χ1) is 21.4. The van der Waals surface area contributed by atoms with Crippen molar-refractivity contribution < 1.29 is 0 Å². The normalized spacial score (nSPS) is 16.5. The minimum absolute atomic E-state index is 0.498. The van der Waals surface area contributed by atoms with Crippen LogP contribution in [0, 0.1) is 0 Å². The van der Waals surface area contributed by atoms with Gasteiger partial charge in [-0.25, -0.2) is 0 Å². The first kappa shape index (κ1) is 28.0. The number of rotatable bonds is 8. The van der Waals surface area contributed by atoms with Crippen LogP contribution in [0.1, 0.15) is 42.2 Å². The van der Waals surface area contributed by atoms with E-state index < -0.39 is 15.8 Å². The Balaban J connectivity index is 1.35. The zero-order chi connectivity index (χ0) is 28.8. The standard InChI is InChI=1S/C41H36P2/c1-5-18-32(19-6-1)42(33-20-7-2-8-21-33)40-30-15-13-26-38(40)36-28-17-29-37(36)39-27-14-16-31-41(39)43(34-22-9-3-10-23-34)35-24-11-4-12-25-35/h1-16,18-27,30-31,36-37H,17,28-29H2/t36-,37-/m0/s1. The third-order valence-electron chi connectivity index (χ3n) is 8.73. The third-order valence-corrected chi connectivity index (χ3v) is 13.8. The molecule has 1 fully saturated rings. The van der Waals surface area contributed by atoms with E-state index in [0.29, 0.717) is 11.8 Å². The van der Waals surface area contributed by atoms with E-state index in [0.717, 1.165) is 0 Å². The van der Waals surface area contributed by atoms with Gasteiger partial charge in [0.1, 0.15) is 0 Å². The van der Waals surface area contributed by atoms with E-state index in [2.05, 4.69) is 170 Å². The molecule has 0 aromatic heterocycles. The summed E-state index contributed by atoms with van der Waals surface area (Å²) < 4.78 is 0. The van der Waals surface area contributed by atoms with Crippen LogP contribution < -0.4 is 31.8 Å². The van der Waals surface area contributed by atoms with E-state index >= 15 is 0 Å². The van der Waals surface area contributed by atoms with Crippen LogP contribution in [0.5, 0.6) is 0 Å². The van der Waals surface area contributed by atoms with Crippen LogP contribution in [0.3, 0.4) is 0 Å². The molecule has 0 unspecified atom stereocenters. The Labute approximate surface area is 259 Å². The van der Waals surface area contributed by atoms with Gasteiger partial charge in [0.2, 0.25) is 0 Å². The minimum atomic E-state index is -0.659. The number of benzene rings is 6. The van der Waals surface area contributed by atoms with Gasteiger partial charge in [-0.05, 0) is 83.5 Å². The lowest BCUT2D eigenvalue weighted by molar-refractivity contribution is 0.629. The fraction of sp³-hybridized carbons (Fsp3) is 0.122. The van der Waals surface area contributed by atoms with Crippen molar-refractivity contribution in [1.82, 2.24) is 0 Å². The lowest BCUT2D eigenvalue weighted by atomic mass is 9.84. The third kappa shape index (κ3) is 5.88. The Morgan fingerprint density at radius 1 is 0.326 bits per heavy atom. The summed E-state index contributed by atoms with van der Waals surface area (Å²) in [6, 6.07) is 63.4. The molecule has 0 aliphatic heterocycles. The fourth-order valence-corrected chi connectivity index (χ4v) is 11.9. The van der Waals surface area contributed by atoms with E-state index in [1.165, 1.54) is 51.1 Å². The summed E-state index contributed by atoms with van der Waals surface area (Å²) in [6.07, 6.45) is 3.73. The van der Waals surface area contributed by atoms with Crippen LogP contribution in [0.2, 0.25) is 0 Å². The van der Waals surface area contributed by atoms with Gasteiger partial charge in [0, 0.05) is 0 Å². The van der Waals surface area contributed by atoms with Crippen molar-refractivity contribution >= 4 is 47.7 Å². The molecule has 6 aromatic carbocycles. The van der Waals surface area contributed by atoms with Gasteiger partial charge in [0.25, 0.3) is 0 Å². The highest BCUT2D eigenvalue weighted by Gasteiger charge is 2.35. The van der Waals surface area contributed by atoms with Gasteiger partial charge in [-0.15, -0.1) is 0 Å². The van der Waals surface area contributed by atoms with E-state index in [1.807, 2.05) is 0 Å². The maximum Gasteiger partial charge on any atom is -0.00863 e. The predicted molar refractivity (Wildman–Crippen MR) is 190 cm³/mol. The van der Waals surface area contributed by atoms with Crippen LogP contribution in [0.4, 0.5) is 0 Å². The van der Waals surface area contributed by atoms with Crippen molar-refractivity contribution in [3.63, 3.8) is 0 Å². The molecule has 0 spiro atoms. The molecule has 7 rings (SSSR count). The molecule has 0 amide bonds. The Kier molecular flexibility index (Phi) is 8.60. The minimum Gasteiger partial charge on any atom is -0.0622 e. The van der Waals surface area contributed by atoms with Gasteiger partial charge < -0.3 is 0 Å². The van der Waals surface area contributed by atoms with Crippen LogP contribution in [-0.4, -0.2) is 0 Å². The average molecular weight is 591 g/mol. The van der Waals surface area contributed by atoms with Crippen molar-refractivity contribution in [2.75, 3.05) is 0 Å². The molecule has 2 heteroatoms. The molecule has 1 saturated carbocycles. The van der Waals surface area contributed by atoms with Gasteiger partial charge in [0.05, 0.1) is 0 Å². The molecule has 0 bridgehead atoms. The molecular weight excluding hydrogens is 554 g/mol. The first-order valence-electron chi connectivity index (χ1n) is 15.4. The molecular formula is C41H36P2. The molecule has 2 atom stereocenters. The van der Waals surface area contributed by atoms with E-state index in [-0.39, 0.29) is 0 Å². The van der Waals surface area contributed by atoms with Gasteiger partial charge in [-0.3, -0.25) is 0 Å². The fourth-order valence-electron chi connectivity index (χ4n) is 6.88. The van der Waals surface area contributed by atoms with E-state index in [9.17, 15) is 0 Å². The summed E-state index contributed by atoms with van der Waals surface area (Å²) in [5.74, 6) is 0.997. The van der Waals surface area contributed by atoms with Crippen molar-refractivity contribution in [3.8, 4) is 0 Å². The molecule has 0 N–H and O–H groups in total. The smallest absolute Gasteiger partial charge is 0.00863 e. The predicted octanol–water partition coefficient (Wildman–Crippen LogP) is 8.25. The molecule has 43 heavy (non-hydrogen) atoms. The lowest BCUT2D eigenvalue weighted by Crippen LogP contribution is -2.27. The van der Waals surface area contributed by atoms with Crippen LogP contribution >= 0.6 is 15.8 Å². The molecule has 0 saturated heterocycles. The molecule has 0 radical (unpaired) electrons. The topological polar surface area (TPSA) is 0 Å². The highest BCUT2D eigenvalue weighted by Crippen LogP contribution is 2.49. The highest BCUT2D eigenvalue weighted by atomic mass is 31.1. The van der Waals surface area contributed by atoms with Crippen molar-refractivity contribution in [3.05, 3.63) is 181 Å². The summed E-state index contributed by atoms with van der Waals surface area (Å²) in [5, 5.41) is 8.70. The van der Waals surface area contributed by atoms with Crippen molar-refractivity contribution in [2.24, 2.45) is 0 Å². The summed E-state index contributed by atoms with van der Waals surface area (Å²) >= 11 is 0. The Morgan fingerprint density at radius 2 is 0.605 bits per heavy atom. The second-order valence-electron chi connectivity index (χ2n) is 11.3. The number of hydrogen-bond donors (Lipinski definition) is 0. The maximum atomic E-state index is 2.44. The van der Waals surface area contributed by atoms with E-state index in [4.69, 9.17) is 0 Å². The quantitative estimate of drug-likeness (QED) is 0.157. The highest BCUT2D eigenvalue weighted by molar-refractivity contribution is 7.80. The van der Waals surface area contributed by atoms with Crippen molar-refractivity contribution in [2.45, 2.75) is 31.1 Å². The zero-order valence-corrected chi connectivity index (χ0v) is 26.1. The van der Waals surface area contributed by atoms with Crippen LogP contribution in [0.25, 0.3) is 0 Å². The van der Waals surface area contributed by atoms with Crippen molar-refractivity contribution in [1.29, 1.82) is 0 Å². The van der Waals surface area contributed by atoms with E-state index in [1.54, 1.807) is 11.1 Å². The lowest BCUT2D eigenvalue weighted by Gasteiger charge is -2.30. The molecule has 0 heterocycles. The first-order valence-corrected chi connectivity index (χ1v) is 18.0. The van der Waals surface area contributed by atoms with Crippen LogP contribution in [-0.2, 0) is 0 Å². The molecule has 210 valence electrons. The second kappa shape index (κ2) is 13.2. The SMILES string of the molecule is c1ccc(P(c2ccccc2)c2ccccc2[C@H]2CCC[C@@H]2c2ccccc2P(c2ccccc2)c2ccccc2)cc1. The summed E-state index contributed by atoms with van der Waals surface area (Å²) in [5.41, 5.74) is 3.09. The summed E-state index contributed by atoms with van der Waals surface area (Å²) in [6.45, 7) is 0. The van der Waals surface area contributed by atoms with Crippen LogP contribution in [0.15, 0.2) is 170 Å². The number of hydrogen-bond acceptors (Lipinski definition) is 0. The summed E-state index contributed by atoms with van der Waals surface area (Å²) in [4.78, 5) is 0. The Bertz CT molecular complexity index is 1540. The van der Waals surface area contributed by atoms with Gasteiger partial charge >= 0.3 is 0 Å². The second-order valence-corrected chi connectivity index (χ2v) is 15.6. The average Bonchev–Trinajstić information content (AvgIpc) is 3.57. The zero-order valence-electron chi connectivity index (χ0n) is 24.3. The molecule has 6 aromatic rings. The maximum absolute atomic E-state index is 2.44. The largest absolute Gasteiger partial charge is 0.0622 e. The Morgan fingerprint density at radius 3 is 0.930 bits per heavy atom. The van der Waals surface area contributed by atoms with Gasteiger partial charge in [0.15, 0.2) is 0 Å². The molecule has 1 aliphatic rings. The van der Waals surface area contributed by atoms with Gasteiger partial charge in [-0.1, -0.05) is 176 Å².